The lowest BCUT2D eigenvalue weighted by Gasteiger charge is -2.50. The van der Waals surface area contributed by atoms with Crippen molar-refractivity contribution in [2.24, 2.45) is 23.0 Å². The van der Waals surface area contributed by atoms with E-state index >= 15 is 0 Å². The van der Waals surface area contributed by atoms with Crippen molar-refractivity contribution in [2.75, 3.05) is 0 Å². The molecule has 0 saturated carbocycles. The Bertz CT molecular complexity index is 1050. The molecule has 5 unspecified atom stereocenters. The van der Waals surface area contributed by atoms with Gasteiger partial charge in [0.25, 0.3) is 0 Å². The molecule has 168 valence electrons. The number of benzene rings is 1. The molecule has 1 aromatic carbocycles. The van der Waals surface area contributed by atoms with E-state index in [1.54, 1.807) is 24.3 Å². The van der Waals surface area contributed by atoms with Gasteiger partial charge in [0.05, 0.1) is 6.04 Å². The maximum absolute atomic E-state index is 12.9. The van der Waals surface area contributed by atoms with E-state index in [-0.39, 0.29) is 23.4 Å². The van der Waals surface area contributed by atoms with Gasteiger partial charge < -0.3 is 15.6 Å². The van der Waals surface area contributed by atoms with Crippen LogP contribution in [0.3, 0.4) is 0 Å². The quantitative estimate of drug-likeness (QED) is 0.428. The van der Waals surface area contributed by atoms with Crippen LogP contribution in [0.25, 0.3) is 0 Å². The fourth-order valence-electron chi connectivity index (χ4n) is 5.55. The predicted molar refractivity (Wildman–Crippen MR) is 119 cm³/mol. The van der Waals surface area contributed by atoms with Crippen molar-refractivity contribution < 1.29 is 24.2 Å². The smallest absolute Gasteiger partial charge is 0.337 e. The number of carbonyl (C=O) groups is 3. The second kappa shape index (κ2) is 8.26. The summed E-state index contributed by atoms with van der Waals surface area (Å²) in [4.78, 5) is 38.2. The Morgan fingerprint density at radius 1 is 1.16 bits per heavy atom. The van der Waals surface area contributed by atoms with Gasteiger partial charge in [-0.05, 0) is 54.4 Å². The number of hydrogen-bond donors (Lipinski definition) is 2. The van der Waals surface area contributed by atoms with Gasteiger partial charge in [0, 0.05) is 17.1 Å². The maximum atomic E-state index is 12.9. The van der Waals surface area contributed by atoms with Crippen molar-refractivity contribution in [3.63, 3.8) is 0 Å². The lowest BCUT2D eigenvalue weighted by molar-refractivity contribution is -0.163. The maximum Gasteiger partial charge on any atom is 0.337 e. The molecule has 0 heterocycles. The lowest BCUT2D eigenvalue weighted by Crippen LogP contribution is -2.49. The molecule has 0 amide bonds. The molecule has 32 heavy (non-hydrogen) atoms. The van der Waals surface area contributed by atoms with E-state index in [0.717, 1.165) is 12.0 Å². The number of allylic oxidation sites excluding steroid dienone is 5. The molecule has 0 saturated heterocycles. The highest BCUT2D eigenvalue weighted by Gasteiger charge is 2.52. The summed E-state index contributed by atoms with van der Waals surface area (Å²) in [6.45, 7) is 5.86. The Hall–Kier alpha value is -2.83. The number of ketones is 2. The van der Waals surface area contributed by atoms with Gasteiger partial charge in [0.1, 0.15) is 6.10 Å². The van der Waals surface area contributed by atoms with Crippen molar-refractivity contribution in [1.82, 2.24) is 0 Å². The van der Waals surface area contributed by atoms with Crippen molar-refractivity contribution in [2.45, 2.75) is 51.9 Å². The van der Waals surface area contributed by atoms with Gasteiger partial charge in [-0.25, -0.2) is 4.79 Å². The zero-order chi connectivity index (χ0) is 23.2. The first kappa shape index (κ1) is 22.4. The third kappa shape index (κ3) is 3.67. The molecule has 4 rings (SSSR count). The number of aliphatic hydroxyl groups excluding tert-OH is 1. The van der Waals surface area contributed by atoms with Crippen LogP contribution in [-0.2, 0) is 19.1 Å². The molecule has 0 radical (unpaired) electrons. The standard InChI is InChI=1S/C26H29NO5/c1-14-9-10-18-16(13-17-19(28)11-12-20(29)21(17)26(18,2)3)24(14)32-25(31)23(30)22(27)15-7-5-4-6-8-15/h4-9,11-12,16,18,22-24,30H,10,13,27H2,1-3H3. The summed E-state index contributed by atoms with van der Waals surface area (Å²) in [5.74, 6) is -1.21. The number of esters is 1. The van der Waals surface area contributed by atoms with Crippen LogP contribution in [-0.4, -0.2) is 34.9 Å². The highest BCUT2D eigenvalue weighted by atomic mass is 16.6. The largest absolute Gasteiger partial charge is 0.456 e. The minimum atomic E-state index is -1.52. The molecular formula is C26H29NO5. The Morgan fingerprint density at radius 2 is 1.81 bits per heavy atom. The normalized spacial score (nSPS) is 28.4. The topological polar surface area (TPSA) is 107 Å². The Balaban J connectivity index is 1.60. The van der Waals surface area contributed by atoms with E-state index in [2.05, 4.69) is 0 Å². The minimum absolute atomic E-state index is 0.0194. The number of fused-ring (bicyclic) bond motifs is 1. The summed E-state index contributed by atoms with van der Waals surface area (Å²) in [5, 5.41) is 10.6. The molecule has 6 heteroatoms. The van der Waals surface area contributed by atoms with E-state index in [1.165, 1.54) is 12.2 Å². The van der Waals surface area contributed by atoms with Crippen LogP contribution >= 0.6 is 0 Å². The monoisotopic (exact) mass is 435 g/mol. The number of hydrogen-bond acceptors (Lipinski definition) is 6. The van der Waals surface area contributed by atoms with E-state index in [0.29, 0.717) is 23.1 Å². The molecular weight excluding hydrogens is 406 g/mol. The summed E-state index contributed by atoms with van der Waals surface area (Å²) < 4.78 is 5.84. The van der Waals surface area contributed by atoms with E-state index < -0.39 is 29.6 Å². The summed E-state index contributed by atoms with van der Waals surface area (Å²) in [6, 6.07) is 8.00. The average Bonchev–Trinajstić information content (AvgIpc) is 2.77. The molecule has 0 aliphatic heterocycles. The molecule has 5 atom stereocenters. The highest BCUT2D eigenvalue weighted by Crippen LogP contribution is 2.54. The number of nitrogens with two attached hydrogens (primary N) is 1. The third-order valence-electron chi connectivity index (χ3n) is 7.30. The van der Waals surface area contributed by atoms with Crippen LogP contribution < -0.4 is 5.73 Å². The number of ether oxygens (including phenoxy) is 1. The first-order chi connectivity index (χ1) is 15.1. The minimum Gasteiger partial charge on any atom is -0.456 e. The zero-order valence-corrected chi connectivity index (χ0v) is 18.6. The molecule has 0 fully saturated rings. The molecule has 6 nitrogen and oxygen atoms in total. The number of carbonyl (C=O) groups excluding carboxylic acids is 3. The molecule has 0 spiro atoms. The lowest BCUT2D eigenvalue weighted by atomic mass is 9.54. The first-order valence-corrected chi connectivity index (χ1v) is 11.0. The molecule has 0 aromatic heterocycles. The van der Waals surface area contributed by atoms with Crippen molar-refractivity contribution >= 4 is 17.5 Å². The summed E-state index contributed by atoms with van der Waals surface area (Å²) in [6.07, 6.45) is 3.69. The summed E-state index contributed by atoms with van der Waals surface area (Å²) >= 11 is 0. The summed E-state index contributed by atoms with van der Waals surface area (Å²) in [5.41, 5.74) is 8.18. The van der Waals surface area contributed by atoms with Gasteiger partial charge in [-0.3, -0.25) is 9.59 Å². The fourth-order valence-corrected chi connectivity index (χ4v) is 5.55. The Labute approximate surface area is 187 Å². The molecule has 3 aliphatic carbocycles. The SMILES string of the molecule is CC1=CCC2C(CC3=C(C(=O)C=CC3=O)C2(C)C)C1OC(=O)C(O)C(N)c1ccccc1. The van der Waals surface area contributed by atoms with Crippen LogP contribution in [0.15, 0.2) is 65.3 Å². The van der Waals surface area contributed by atoms with E-state index in [1.807, 2.05) is 32.9 Å². The molecule has 3 N–H and O–H groups in total. The van der Waals surface area contributed by atoms with Crippen LogP contribution in [0.2, 0.25) is 0 Å². The van der Waals surface area contributed by atoms with Gasteiger partial charge in [0.15, 0.2) is 17.7 Å². The average molecular weight is 436 g/mol. The third-order valence-corrected chi connectivity index (χ3v) is 7.30. The van der Waals surface area contributed by atoms with Crippen molar-refractivity contribution in [1.29, 1.82) is 0 Å². The van der Waals surface area contributed by atoms with Crippen LogP contribution in [0, 0.1) is 17.3 Å². The highest BCUT2D eigenvalue weighted by molar-refractivity contribution is 6.20. The molecule has 1 aromatic rings. The summed E-state index contributed by atoms with van der Waals surface area (Å²) in [7, 11) is 0. The predicted octanol–water partition coefficient (Wildman–Crippen LogP) is 2.98. The second-order valence-electron chi connectivity index (χ2n) is 9.53. The van der Waals surface area contributed by atoms with Gasteiger partial charge in [-0.1, -0.05) is 50.3 Å². The fraction of sp³-hybridized carbons (Fsp3) is 0.423. The van der Waals surface area contributed by atoms with Gasteiger partial charge >= 0.3 is 5.97 Å². The number of aliphatic hydroxyl groups is 1. The molecule has 3 aliphatic rings. The Morgan fingerprint density at radius 3 is 2.50 bits per heavy atom. The zero-order valence-electron chi connectivity index (χ0n) is 18.6. The van der Waals surface area contributed by atoms with Crippen molar-refractivity contribution in [3.8, 4) is 0 Å². The van der Waals surface area contributed by atoms with Crippen molar-refractivity contribution in [3.05, 3.63) is 70.8 Å². The van der Waals surface area contributed by atoms with Crippen LogP contribution in [0.4, 0.5) is 0 Å². The molecule has 0 bridgehead atoms. The second-order valence-corrected chi connectivity index (χ2v) is 9.53. The van der Waals surface area contributed by atoms with Crippen LogP contribution in [0.1, 0.15) is 45.2 Å². The van der Waals surface area contributed by atoms with Gasteiger partial charge in [0.2, 0.25) is 0 Å². The van der Waals surface area contributed by atoms with E-state index in [4.69, 9.17) is 10.5 Å². The van der Waals surface area contributed by atoms with Gasteiger partial charge in [-0.2, -0.15) is 0 Å². The van der Waals surface area contributed by atoms with E-state index in [9.17, 15) is 19.5 Å². The van der Waals surface area contributed by atoms with Gasteiger partial charge in [-0.15, -0.1) is 0 Å². The number of rotatable bonds is 4. The van der Waals surface area contributed by atoms with Crippen LogP contribution in [0.5, 0.6) is 0 Å². The Kier molecular flexibility index (Phi) is 5.77. The first-order valence-electron chi connectivity index (χ1n) is 11.0.